The van der Waals surface area contributed by atoms with Gasteiger partial charge in [-0.25, -0.2) is 0 Å². The number of rotatable bonds is 8. The van der Waals surface area contributed by atoms with Crippen molar-refractivity contribution in [3.63, 3.8) is 0 Å². The van der Waals surface area contributed by atoms with Crippen LogP contribution in [0.2, 0.25) is 0 Å². The number of piperidine rings is 1. The van der Waals surface area contributed by atoms with E-state index in [1.54, 1.807) is 31.6 Å². The van der Waals surface area contributed by atoms with Crippen LogP contribution in [0.1, 0.15) is 23.2 Å². The second-order valence-corrected chi connectivity index (χ2v) is 8.17. The molecule has 1 N–H and O–H groups in total. The zero-order valence-electron chi connectivity index (χ0n) is 17.2. The maximum Gasteiger partial charge on any atom is 0.253 e. The normalized spacial score (nSPS) is 24.2. The van der Waals surface area contributed by atoms with Crippen LogP contribution in [0.4, 0.5) is 0 Å². The molecule has 0 unspecified atom stereocenters. The van der Waals surface area contributed by atoms with Gasteiger partial charge in [-0.1, -0.05) is 0 Å². The van der Waals surface area contributed by atoms with Gasteiger partial charge < -0.3 is 19.6 Å². The molecule has 28 heavy (non-hydrogen) atoms. The Labute approximate surface area is 168 Å². The third-order valence-electron chi connectivity index (χ3n) is 6.26. The highest BCUT2D eigenvalue weighted by atomic mass is 16.5. The summed E-state index contributed by atoms with van der Waals surface area (Å²) >= 11 is 0. The van der Waals surface area contributed by atoms with Crippen molar-refractivity contribution >= 4 is 5.91 Å². The molecule has 156 valence electrons. The van der Waals surface area contributed by atoms with E-state index >= 15 is 0 Å². The minimum atomic E-state index is 0.105. The zero-order valence-corrected chi connectivity index (χ0v) is 17.2. The Balaban J connectivity index is 1.49. The lowest BCUT2D eigenvalue weighted by Crippen LogP contribution is -2.46. The van der Waals surface area contributed by atoms with Crippen LogP contribution in [0.15, 0.2) is 24.5 Å². The van der Waals surface area contributed by atoms with E-state index in [4.69, 9.17) is 4.74 Å². The first-order valence-corrected chi connectivity index (χ1v) is 10.3. The molecule has 2 saturated heterocycles. The Kier molecular flexibility index (Phi) is 7.79. The van der Waals surface area contributed by atoms with Crippen molar-refractivity contribution in [3.8, 4) is 0 Å². The van der Waals surface area contributed by atoms with Crippen molar-refractivity contribution in [2.45, 2.75) is 18.9 Å². The largest absolute Gasteiger partial charge is 0.396 e. The van der Waals surface area contributed by atoms with Crippen LogP contribution in [0.5, 0.6) is 0 Å². The SMILES string of the molecule is COCCN(C)C[C@@H]1CN(C2CCN(C(=O)c3ccncc3)CC2)C[C@@H]1CO. The molecule has 2 aliphatic heterocycles. The molecule has 7 nitrogen and oxygen atoms in total. The molecule has 7 heteroatoms. The number of hydrogen-bond donors (Lipinski definition) is 1. The number of carbonyl (C=O) groups is 1. The van der Waals surface area contributed by atoms with E-state index in [1.807, 2.05) is 4.90 Å². The first-order chi connectivity index (χ1) is 13.6. The highest BCUT2D eigenvalue weighted by Crippen LogP contribution is 2.29. The fourth-order valence-electron chi connectivity index (χ4n) is 4.54. The predicted octanol–water partition coefficient (Wildman–Crippen LogP) is 0.805. The summed E-state index contributed by atoms with van der Waals surface area (Å²) in [7, 11) is 3.85. The number of aliphatic hydroxyl groups is 1. The first-order valence-electron chi connectivity index (χ1n) is 10.3. The third kappa shape index (κ3) is 5.29. The van der Waals surface area contributed by atoms with Crippen LogP contribution in [-0.2, 0) is 4.74 Å². The fourth-order valence-corrected chi connectivity index (χ4v) is 4.54. The number of aliphatic hydroxyl groups excluding tert-OH is 1. The maximum atomic E-state index is 12.6. The number of hydrogen-bond acceptors (Lipinski definition) is 6. The van der Waals surface area contributed by atoms with Crippen LogP contribution in [0.25, 0.3) is 0 Å². The average Bonchev–Trinajstić information content (AvgIpc) is 3.15. The summed E-state index contributed by atoms with van der Waals surface area (Å²) in [4.78, 5) is 23.4. The number of carbonyl (C=O) groups excluding carboxylic acids is 1. The average molecular weight is 391 g/mol. The Bertz CT molecular complexity index is 607. The Morgan fingerprint density at radius 1 is 1.25 bits per heavy atom. The molecular formula is C21H34N4O3. The number of likely N-dealkylation sites (tertiary alicyclic amines) is 2. The van der Waals surface area contributed by atoms with Gasteiger partial charge in [0.25, 0.3) is 5.91 Å². The number of pyridine rings is 1. The molecule has 3 heterocycles. The van der Waals surface area contributed by atoms with Crippen molar-refractivity contribution in [1.82, 2.24) is 19.7 Å². The second kappa shape index (κ2) is 10.3. The van der Waals surface area contributed by atoms with Crippen molar-refractivity contribution in [2.24, 2.45) is 11.8 Å². The highest BCUT2D eigenvalue weighted by Gasteiger charge is 2.37. The molecule has 3 rings (SSSR count). The summed E-state index contributed by atoms with van der Waals surface area (Å²) in [5.74, 6) is 0.929. The van der Waals surface area contributed by atoms with E-state index in [0.717, 1.165) is 58.7 Å². The number of likely N-dealkylation sites (N-methyl/N-ethyl adjacent to an activating group) is 1. The Morgan fingerprint density at radius 2 is 1.93 bits per heavy atom. The topological polar surface area (TPSA) is 69.1 Å². The standard InChI is InChI=1S/C21H34N4O3/c1-23(11-12-28-2)13-18-14-25(15-19(18)16-26)20-5-9-24(10-6-20)21(27)17-3-7-22-8-4-17/h3-4,7-8,18-20,26H,5-6,9-16H2,1-2H3/t18-,19-/m1/s1. The van der Waals surface area contributed by atoms with E-state index < -0.39 is 0 Å². The summed E-state index contributed by atoms with van der Waals surface area (Å²) in [6, 6.07) is 4.07. The smallest absolute Gasteiger partial charge is 0.253 e. The van der Waals surface area contributed by atoms with E-state index in [0.29, 0.717) is 23.4 Å². The van der Waals surface area contributed by atoms with Crippen molar-refractivity contribution < 1.29 is 14.6 Å². The van der Waals surface area contributed by atoms with Crippen LogP contribution < -0.4 is 0 Å². The second-order valence-electron chi connectivity index (χ2n) is 8.17. The summed E-state index contributed by atoms with van der Waals surface area (Å²) in [5, 5.41) is 9.85. The molecule has 0 aromatic carbocycles. The summed E-state index contributed by atoms with van der Waals surface area (Å²) in [6.07, 6.45) is 5.34. The van der Waals surface area contributed by atoms with Gasteiger partial charge in [0.1, 0.15) is 0 Å². The molecule has 0 aliphatic carbocycles. The van der Waals surface area contributed by atoms with Crippen LogP contribution >= 0.6 is 0 Å². The molecule has 0 bridgehead atoms. The zero-order chi connectivity index (χ0) is 19.9. The molecule has 1 amide bonds. The number of methoxy groups -OCH3 is 1. The number of ether oxygens (including phenoxy) is 1. The minimum absolute atomic E-state index is 0.105. The van der Waals surface area contributed by atoms with Gasteiger partial charge >= 0.3 is 0 Å². The van der Waals surface area contributed by atoms with Crippen LogP contribution in [-0.4, -0.2) is 103 Å². The van der Waals surface area contributed by atoms with Gasteiger partial charge in [-0.05, 0) is 43.9 Å². The van der Waals surface area contributed by atoms with E-state index in [2.05, 4.69) is 21.8 Å². The first kappa shape index (κ1) is 21.2. The molecule has 2 atom stereocenters. The van der Waals surface area contributed by atoms with Crippen molar-refractivity contribution in [2.75, 3.05) is 66.6 Å². The minimum Gasteiger partial charge on any atom is -0.396 e. The number of nitrogens with zero attached hydrogens (tertiary/aromatic N) is 4. The monoisotopic (exact) mass is 390 g/mol. The van der Waals surface area contributed by atoms with Gasteiger partial charge in [-0.2, -0.15) is 0 Å². The predicted molar refractivity (Wildman–Crippen MR) is 108 cm³/mol. The molecule has 2 fully saturated rings. The quantitative estimate of drug-likeness (QED) is 0.708. The highest BCUT2D eigenvalue weighted by molar-refractivity contribution is 5.94. The maximum absolute atomic E-state index is 12.6. The van der Waals surface area contributed by atoms with Crippen molar-refractivity contribution in [3.05, 3.63) is 30.1 Å². The van der Waals surface area contributed by atoms with Crippen LogP contribution in [0.3, 0.4) is 0 Å². The van der Waals surface area contributed by atoms with Gasteiger partial charge in [0.2, 0.25) is 0 Å². The van der Waals surface area contributed by atoms with Gasteiger partial charge in [-0.15, -0.1) is 0 Å². The van der Waals surface area contributed by atoms with Crippen molar-refractivity contribution in [1.29, 1.82) is 0 Å². The summed E-state index contributed by atoms with van der Waals surface area (Å²) in [6.45, 7) is 6.48. The number of aromatic nitrogens is 1. The fraction of sp³-hybridized carbons (Fsp3) is 0.714. The molecule has 0 radical (unpaired) electrons. The third-order valence-corrected chi connectivity index (χ3v) is 6.26. The Hall–Kier alpha value is -1.54. The Morgan fingerprint density at radius 3 is 2.57 bits per heavy atom. The lowest BCUT2D eigenvalue weighted by atomic mass is 9.96. The summed E-state index contributed by atoms with van der Waals surface area (Å²) in [5.41, 5.74) is 0.717. The molecule has 1 aromatic heterocycles. The molecule has 1 aromatic rings. The number of amides is 1. The lowest BCUT2D eigenvalue weighted by Gasteiger charge is -2.37. The molecule has 2 aliphatic rings. The molecule has 0 saturated carbocycles. The van der Waals surface area contributed by atoms with Gasteiger partial charge in [0.05, 0.1) is 6.61 Å². The van der Waals surface area contributed by atoms with Gasteiger partial charge in [0, 0.05) is 77.0 Å². The van der Waals surface area contributed by atoms with Crippen LogP contribution in [0, 0.1) is 11.8 Å². The van der Waals surface area contributed by atoms with Gasteiger partial charge in [-0.3, -0.25) is 14.7 Å². The molecular weight excluding hydrogens is 356 g/mol. The summed E-state index contributed by atoms with van der Waals surface area (Å²) < 4.78 is 5.17. The lowest BCUT2D eigenvalue weighted by molar-refractivity contribution is 0.0635. The molecule has 0 spiro atoms. The van der Waals surface area contributed by atoms with E-state index in [1.165, 1.54) is 0 Å². The van der Waals surface area contributed by atoms with Gasteiger partial charge in [0.15, 0.2) is 0 Å². The van der Waals surface area contributed by atoms with E-state index in [-0.39, 0.29) is 12.5 Å². The van der Waals surface area contributed by atoms with E-state index in [9.17, 15) is 9.90 Å².